The van der Waals surface area contributed by atoms with Crippen LogP contribution in [0.5, 0.6) is 17.2 Å². The largest absolute Gasteiger partial charge is 0.489 e. The number of pyridine rings is 1. The van der Waals surface area contributed by atoms with Gasteiger partial charge in [0.1, 0.15) is 18.1 Å². The van der Waals surface area contributed by atoms with Gasteiger partial charge in [-0.05, 0) is 24.3 Å². The molecule has 2 aromatic carbocycles. The summed E-state index contributed by atoms with van der Waals surface area (Å²) in [6.07, 6.45) is 6.20. The standard InChI is InChI=1S/C25H24N6O5S/c1-29-14-24(27-16-29)37(33,34)28-20-11-21-22(31(3)25(32)30(21)2)12-23(20)36-19-8-4-7-18(10-19)35-15-17-6-5-9-26-13-17/h4-14,16,28H,15H2,1-3H3. The van der Waals surface area contributed by atoms with Crippen LogP contribution in [0.25, 0.3) is 11.0 Å². The fourth-order valence-corrected chi connectivity index (χ4v) is 4.86. The van der Waals surface area contributed by atoms with Crippen LogP contribution in [0.4, 0.5) is 5.69 Å². The van der Waals surface area contributed by atoms with Crippen LogP contribution in [0, 0.1) is 0 Å². The molecule has 3 aromatic heterocycles. The summed E-state index contributed by atoms with van der Waals surface area (Å²) in [5, 5.41) is -0.145. The number of aromatic nitrogens is 5. The average molecular weight is 521 g/mol. The number of imidazole rings is 2. The van der Waals surface area contributed by atoms with Gasteiger partial charge < -0.3 is 14.0 Å². The number of nitrogens with zero attached hydrogens (tertiary/aromatic N) is 5. The normalized spacial score (nSPS) is 11.5. The highest BCUT2D eigenvalue weighted by Crippen LogP contribution is 2.36. The maximum Gasteiger partial charge on any atom is 0.328 e. The minimum absolute atomic E-state index is 0.145. The Hall–Kier alpha value is -4.58. The van der Waals surface area contributed by atoms with Gasteiger partial charge in [-0.25, -0.2) is 9.78 Å². The number of fused-ring (bicyclic) bond motifs is 1. The third-order valence-electron chi connectivity index (χ3n) is 5.74. The number of hydrogen-bond donors (Lipinski definition) is 1. The maximum absolute atomic E-state index is 13.0. The predicted octanol–water partition coefficient (Wildman–Crippen LogP) is 3.18. The summed E-state index contributed by atoms with van der Waals surface area (Å²) in [5.41, 5.74) is 1.92. The van der Waals surface area contributed by atoms with E-state index in [1.807, 2.05) is 12.1 Å². The molecule has 0 saturated heterocycles. The third-order valence-corrected chi connectivity index (χ3v) is 6.99. The van der Waals surface area contributed by atoms with Crippen molar-refractivity contribution in [3.63, 3.8) is 0 Å². The second-order valence-corrected chi connectivity index (χ2v) is 10.1. The average Bonchev–Trinajstić information content (AvgIpc) is 3.42. The number of ether oxygens (including phenoxy) is 2. The SMILES string of the molecule is Cn1cnc(S(=O)(=O)Nc2cc3c(cc2Oc2cccc(OCc4cccnc4)c2)n(C)c(=O)n3C)c1. The Kier molecular flexibility index (Phi) is 6.17. The minimum atomic E-state index is -4.03. The molecule has 0 aliphatic carbocycles. The van der Waals surface area contributed by atoms with E-state index in [4.69, 9.17) is 9.47 Å². The van der Waals surface area contributed by atoms with Gasteiger partial charge in [0, 0.05) is 57.4 Å². The zero-order valence-corrected chi connectivity index (χ0v) is 21.1. The number of nitrogens with one attached hydrogen (secondary N) is 1. The Morgan fingerprint density at radius 2 is 1.73 bits per heavy atom. The molecule has 0 saturated carbocycles. The highest BCUT2D eigenvalue weighted by Gasteiger charge is 2.22. The molecule has 0 radical (unpaired) electrons. The van der Waals surface area contributed by atoms with Crippen molar-refractivity contribution in [2.45, 2.75) is 11.6 Å². The van der Waals surface area contributed by atoms with Crippen molar-refractivity contribution in [2.75, 3.05) is 4.72 Å². The van der Waals surface area contributed by atoms with Crippen molar-refractivity contribution >= 4 is 26.7 Å². The first-order chi connectivity index (χ1) is 17.7. The molecule has 0 spiro atoms. The summed E-state index contributed by atoms with van der Waals surface area (Å²) in [7, 11) is 0.904. The van der Waals surface area contributed by atoms with Crippen LogP contribution in [0.1, 0.15) is 5.56 Å². The number of sulfonamides is 1. The summed E-state index contributed by atoms with van der Waals surface area (Å²) >= 11 is 0. The smallest absolute Gasteiger partial charge is 0.328 e. The molecule has 5 rings (SSSR count). The number of anilines is 1. The van der Waals surface area contributed by atoms with Gasteiger partial charge >= 0.3 is 5.69 Å². The number of aryl methyl sites for hydroxylation is 3. The Balaban J connectivity index is 1.50. The van der Waals surface area contributed by atoms with Gasteiger partial charge in [-0.15, -0.1) is 0 Å². The summed E-state index contributed by atoms with van der Waals surface area (Å²) in [6, 6.07) is 13.9. The lowest BCUT2D eigenvalue weighted by Gasteiger charge is -2.14. The molecule has 0 amide bonds. The predicted molar refractivity (Wildman–Crippen MR) is 137 cm³/mol. The number of hydrogen-bond acceptors (Lipinski definition) is 7. The van der Waals surface area contributed by atoms with Crippen molar-refractivity contribution in [1.29, 1.82) is 0 Å². The van der Waals surface area contributed by atoms with Gasteiger partial charge in [0.25, 0.3) is 10.0 Å². The molecule has 0 fully saturated rings. The zero-order chi connectivity index (χ0) is 26.2. The lowest BCUT2D eigenvalue weighted by atomic mass is 10.2. The highest BCUT2D eigenvalue weighted by molar-refractivity contribution is 7.92. The monoisotopic (exact) mass is 520 g/mol. The van der Waals surface area contributed by atoms with Gasteiger partial charge in [0.05, 0.1) is 23.0 Å². The van der Waals surface area contributed by atoms with Crippen molar-refractivity contribution in [2.24, 2.45) is 21.1 Å². The number of rotatable bonds is 8. The summed E-state index contributed by atoms with van der Waals surface area (Å²) in [6.45, 7) is 0.324. The molecule has 0 aliphatic heterocycles. The first kappa shape index (κ1) is 24.1. The van der Waals surface area contributed by atoms with E-state index in [-0.39, 0.29) is 22.2 Å². The van der Waals surface area contributed by atoms with Crippen LogP contribution in [-0.4, -0.2) is 32.1 Å². The number of benzene rings is 2. The minimum Gasteiger partial charge on any atom is -0.489 e. The van der Waals surface area contributed by atoms with Crippen molar-refractivity contribution in [3.8, 4) is 17.2 Å². The van der Waals surface area contributed by atoms with Gasteiger partial charge in [-0.1, -0.05) is 12.1 Å². The first-order valence-electron chi connectivity index (χ1n) is 11.2. The molecule has 12 heteroatoms. The van der Waals surface area contributed by atoms with E-state index in [0.29, 0.717) is 29.1 Å². The van der Waals surface area contributed by atoms with Gasteiger partial charge in [0.15, 0.2) is 10.8 Å². The lowest BCUT2D eigenvalue weighted by Crippen LogP contribution is -2.19. The molecule has 37 heavy (non-hydrogen) atoms. The molecule has 190 valence electrons. The Morgan fingerprint density at radius 3 is 2.43 bits per heavy atom. The molecule has 1 N–H and O–H groups in total. The van der Waals surface area contributed by atoms with E-state index in [2.05, 4.69) is 14.7 Å². The van der Waals surface area contributed by atoms with E-state index in [1.165, 1.54) is 26.2 Å². The molecule has 5 aromatic rings. The van der Waals surface area contributed by atoms with Crippen LogP contribution < -0.4 is 19.9 Å². The van der Waals surface area contributed by atoms with Crippen LogP contribution in [0.3, 0.4) is 0 Å². The topological polar surface area (TPSA) is 122 Å². The van der Waals surface area contributed by atoms with Crippen molar-refractivity contribution in [1.82, 2.24) is 23.7 Å². The Bertz CT molecular complexity index is 1760. The van der Waals surface area contributed by atoms with Crippen molar-refractivity contribution in [3.05, 3.63) is 89.5 Å². The summed E-state index contributed by atoms with van der Waals surface area (Å²) in [4.78, 5) is 20.5. The van der Waals surface area contributed by atoms with Crippen molar-refractivity contribution < 1.29 is 17.9 Å². The van der Waals surface area contributed by atoms with Gasteiger partial charge in [0.2, 0.25) is 0 Å². The van der Waals surface area contributed by atoms with Crippen LogP contribution >= 0.6 is 0 Å². The van der Waals surface area contributed by atoms with Crippen LogP contribution in [0.2, 0.25) is 0 Å². The molecule has 0 aliphatic rings. The van der Waals surface area contributed by atoms with Crippen LogP contribution in [-0.2, 0) is 37.8 Å². The summed E-state index contributed by atoms with van der Waals surface area (Å²) < 4.78 is 45.1. The quantitative estimate of drug-likeness (QED) is 0.333. The molecule has 0 unspecified atom stereocenters. The van der Waals surface area contributed by atoms with E-state index < -0.39 is 10.0 Å². The molecule has 11 nitrogen and oxygen atoms in total. The molecule has 0 bridgehead atoms. The van der Waals surface area contributed by atoms with E-state index in [9.17, 15) is 13.2 Å². The van der Waals surface area contributed by atoms with Gasteiger partial charge in [-0.2, -0.15) is 8.42 Å². The third kappa shape index (κ3) is 4.91. The van der Waals surface area contributed by atoms with Crippen LogP contribution in [0.15, 0.2) is 83.3 Å². The highest BCUT2D eigenvalue weighted by atomic mass is 32.2. The molecule has 3 heterocycles. The fourth-order valence-electron chi connectivity index (χ4n) is 3.82. The maximum atomic E-state index is 13.0. The zero-order valence-electron chi connectivity index (χ0n) is 20.3. The second-order valence-electron chi connectivity index (χ2n) is 8.45. The molecular weight excluding hydrogens is 496 g/mol. The van der Waals surface area contributed by atoms with E-state index >= 15 is 0 Å². The van der Waals surface area contributed by atoms with Gasteiger partial charge in [-0.3, -0.25) is 18.8 Å². The second kappa shape index (κ2) is 9.47. The van der Waals surface area contributed by atoms with E-state index in [1.54, 1.807) is 69.9 Å². The lowest BCUT2D eigenvalue weighted by molar-refractivity contribution is 0.304. The van der Waals surface area contributed by atoms with E-state index in [0.717, 1.165) is 5.56 Å². The fraction of sp³-hybridized carbons (Fsp3) is 0.160. The summed E-state index contributed by atoms with van der Waals surface area (Å²) in [5.74, 6) is 1.19. The molecular formula is C25H24N6O5S. The Labute approximate surface area is 212 Å². The Morgan fingerprint density at radius 1 is 0.973 bits per heavy atom. The molecule has 0 atom stereocenters. The first-order valence-corrected chi connectivity index (χ1v) is 12.7.